The van der Waals surface area contributed by atoms with E-state index in [0.29, 0.717) is 0 Å². The standard InChI is InChI=1S/C26H20Br2N2/c27-20-12-8-17(9-13-20)16-19-4-3-5-22-25(18-10-14-21(28)15-11-18)29-23-6-1-2-7-24(23)30-26(19)22/h1-2,6-16,29H,3-5H2/b19-16+. The molecule has 3 aromatic carbocycles. The number of hydrogen-bond donors (Lipinski definition) is 1. The second kappa shape index (κ2) is 8.37. The maximum absolute atomic E-state index is 5.16. The molecule has 2 nitrogen and oxygen atoms in total. The predicted octanol–water partition coefficient (Wildman–Crippen LogP) is 8.39. The number of aliphatic imine (C=N–C) groups is 1. The van der Waals surface area contributed by atoms with Crippen molar-refractivity contribution in [3.05, 3.63) is 104 Å². The summed E-state index contributed by atoms with van der Waals surface area (Å²) in [5, 5.41) is 3.70. The molecule has 0 atom stereocenters. The van der Waals surface area contributed by atoms with E-state index in [2.05, 4.69) is 116 Å². The number of nitrogens with one attached hydrogen (secondary N) is 1. The van der Waals surface area contributed by atoms with Crippen LogP contribution in [0.2, 0.25) is 0 Å². The van der Waals surface area contributed by atoms with Crippen molar-refractivity contribution in [3.8, 4) is 0 Å². The smallest absolute Gasteiger partial charge is 0.0871 e. The molecule has 5 rings (SSSR count). The van der Waals surface area contributed by atoms with Crippen LogP contribution >= 0.6 is 31.9 Å². The van der Waals surface area contributed by atoms with Gasteiger partial charge in [-0.25, -0.2) is 4.99 Å². The fourth-order valence-corrected chi connectivity index (χ4v) is 4.57. The van der Waals surface area contributed by atoms with Crippen LogP contribution in [0.1, 0.15) is 30.4 Å². The predicted molar refractivity (Wildman–Crippen MR) is 134 cm³/mol. The first-order valence-electron chi connectivity index (χ1n) is 10.1. The van der Waals surface area contributed by atoms with E-state index in [-0.39, 0.29) is 0 Å². The largest absolute Gasteiger partial charge is 0.353 e. The van der Waals surface area contributed by atoms with Crippen molar-refractivity contribution in [2.45, 2.75) is 19.3 Å². The zero-order valence-electron chi connectivity index (χ0n) is 16.3. The van der Waals surface area contributed by atoms with E-state index in [1.54, 1.807) is 0 Å². The Hall–Kier alpha value is -2.43. The monoisotopic (exact) mass is 518 g/mol. The number of fused-ring (bicyclic) bond motifs is 2. The molecule has 1 saturated carbocycles. The Morgan fingerprint density at radius 3 is 2.27 bits per heavy atom. The van der Waals surface area contributed by atoms with E-state index >= 15 is 0 Å². The molecule has 1 aliphatic heterocycles. The van der Waals surface area contributed by atoms with Gasteiger partial charge in [-0.2, -0.15) is 0 Å². The Bertz CT molecular complexity index is 1190. The summed E-state index contributed by atoms with van der Waals surface area (Å²) in [6.45, 7) is 0. The molecule has 1 aliphatic carbocycles. The average molecular weight is 520 g/mol. The SMILES string of the molecule is Brc1ccc(/C=C2\CCCC3=C(c4ccc(Br)cc4)Nc4ccccc4N=C32)cc1. The van der Waals surface area contributed by atoms with Gasteiger partial charge in [0.25, 0.3) is 0 Å². The Morgan fingerprint density at radius 1 is 0.800 bits per heavy atom. The van der Waals surface area contributed by atoms with Gasteiger partial charge in [0.1, 0.15) is 0 Å². The molecule has 2 aliphatic rings. The highest BCUT2D eigenvalue weighted by Gasteiger charge is 2.26. The molecule has 3 aromatic rings. The zero-order valence-corrected chi connectivity index (χ0v) is 19.5. The summed E-state index contributed by atoms with van der Waals surface area (Å²) in [6, 6.07) is 25.3. The molecule has 0 saturated heterocycles. The summed E-state index contributed by atoms with van der Waals surface area (Å²) in [4.78, 5) is 5.16. The molecule has 30 heavy (non-hydrogen) atoms. The van der Waals surface area contributed by atoms with Crippen LogP contribution in [0.15, 0.2) is 97.9 Å². The van der Waals surface area contributed by atoms with Gasteiger partial charge in [-0.05, 0) is 78.4 Å². The van der Waals surface area contributed by atoms with Crippen molar-refractivity contribution in [2.75, 3.05) is 5.32 Å². The highest BCUT2D eigenvalue weighted by atomic mass is 79.9. The lowest BCUT2D eigenvalue weighted by Crippen LogP contribution is -2.16. The van der Waals surface area contributed by atoms with Crippen LogP contribution in [-0.4, -0.2) is 5.71 Å². The van der Waals surface area contributed by atoms with Crippen LogP contribution < -0.4 is 5.32 Å². The van der Waals surface area contributed by atoms with Gasteiger partial charge < -0.3 is 5.32 Å². The third kappa shape index (κ3) is 3.94. The minimum Gasteiger partial charge on any atom is -0.353 e. The van der Waals surface area contributed by atoms with Gasteiger partial charge in [-0.3, -0.25) is 0 Å². The van der Waals surface area contributed by atoms with Crippen LogP contribution in [0.5, 0.6) is 0 Å². The van der Waals surface area contributed by atoms with Gasteiger partial charge in [-0.15, -0.1) is 0 Å². The van der Waals surface area contributed by atoms with Crippen molar-refractivity contribution >= 4 is 60.7 Å². The second-order valence-electron chi connectivity index (χ2n) is 7.54. The molecule has 0 unspecified atom stereocenters. The number of rotatable bonds is 2. The molecule has 0 spiro atoms. The van der Waals surface area contributed by atoms with Crippen molar-refractivity contribution < 1.29 is 0 Å². The fraction of sp³-hybridized carbons (Fsp3) is 0.115. The van der Waals surface area contributed by atoms with Crippen LogP contribution in [0.4, 0.5) is 11.4 Å². The zero-order chi connectivity index (χ0) is 20.5. The lowest BCUT2D eigenvalue weighted by atomic mass is 9.84. The van der Waals surface area contributed by atoms with Gasteiger partial charge in [0.2, 0.25) is 0 Å². The number of hydrogen-bond acceptors (Lipinski definition) is 2. The molecule has 0 radical (unpaired) electrons. The summed E-state index contributed by atoms with van der Waals surface area (Å²) in [5.41, 5.74) is 9.28. The number of benzene rings is 3. The summed E-state index contributed by atoms with van der Waals surface area (Å²) in [7, 11) is 0. The average Bonchev–Trinajstić information content (AvgIpc) is 2.93. The second-order valence-corrected chi connectivity index (χ2v) is 9.37. The first-order chi connectivity index (χ1) is 14.7. The third-order valence-corrected chi connectivity index (χ3v) is 6.56. The van der Waals surface area contributed by atoms with Gasteiger partial charge >= 0.3 is 0 Å². The third-order valence-electron chi connectivity index (χ3n) is 5.50. The van der Waals surface area contributed by atoms with Gasteiger partial charge in [0.05, 0.1) is 22.8 Å². The van der Waals surface area contributed by atoms with Crippen LogP contribution in [0, 0.1) is 0 Å². The van der Waals surface area contributed by atoms with Crippen LogP contribution in [-0.2, 0) is 0 Å². The Balaban J connectivity index is 1.69. The molecule has 1 heterocycles. The first-order valence-corrected chi connectivity index (χ1v) is 11.7. The van der Waals surface area contributed by atoms with E-state index < -0.39 is 0 Å². The summed E-state index contributed by atoms with van der Waals surface area (Å²) in [5.74, 6) is 0. The number of para-hydroxylation sites is 2. The van der Waals surface area contributed by atoms with Crippen molar-refractivity contribution in [1.82, 2.24) is 0 Å². The number of nitrogens with zero attached hydrogens (tertiary/aromatic N) is 1. The molecule has 4 heteroatoms. The Kier molecular flexibility index (Phi) is 5.45. The van der Waals surface area contributed by atoms with Crippen LogP contribution in [0.3, 0.4) is 0 Å². The molecule has 0 amide bonds. The normalized spacial score (nSPS) is 17.0. The molecule has 148 valence electrons. The molecular weight excluding hydrogens is 500 g/mol. The highest BCUT2D eigenvalue weighted by Crippen LogP contribution is 2.40. The Labute approximate surface area is 193 Å². The maximum Gasteiger partial charge on any atom is 0.0871 e. The summed E-state index contributed by atoms with van der Waals surface area (Å²) < 4.78 is 2.18. The topological polar surface area (TPSA) is 24.4 Å². The Morgan fingerprint density at radius 2 is 1.50 bits per heavy atom. The van der Waals surface area contributed by atoms with Gasteiger partial charge in [0, 0.05) is 14.5 Å². The lowest BCUT2D eigenvalue weighted by molar-refractivity contribution is 0.816. The molecule has 0 aromatic heterocycles. The van der Waals surface area contributed by atoms with E-state index in [9.17, 15) is 0 Å². The van der Waals surface area contributed by atoms with E-state index in [1.165, 1.54) is 22.3 Å². The van der Waals surface area contributed by atoms with Crippen molar-refractivity contribution in [2.24, 2.45) is 4.99 Å². The number of anilines is 1. The van der Waals surface area contributed by atoms with E-state index in [4.69, 9.17) is 4.99 Å². The maximum atomic E-state index is 5.16. The number of halogens is 2. The first kappa shape index (κ1) is 19.5. The fourth-order valence-electron chi connectivity index (χ4n) is 4.04. The molecular formula is C26H20Br2N2. The minimum atomic E-state index is 0.987. The van der Waals surface area contributed by atoms with Crippen molar-refractivity contribution in [1.29, 1.82) is 0 Å². The van der Waals surface area contributed by atoms with Gasteiger partial charge in [-0.1, -0.05) is 68.3 Å². The summed E-state index contributed by atoms with van der Waals surface area (Å²) >= 11 is 7.09. The molecule has 1 fully saturated rings. The summed E-state index contributed by atoms with van der Waals surface area (Å²) in [6.07, 6.45) is 5.46. The van der Waals surface area contributed by atoms with Crippen LogP contribution in [0.25, 0.3) is 11.8 Å². The van der Waals surface area contributed by atoms with E-state index in [1.807, 2.05) is 0 Å². The van der Waals surface area contributed by atoms with E-state index in [0.717, 1.165) is 51.0 Å². The number of allylic oxidation sites excluding steroid dienone is 2. The van der Waals surface area contributed by atoms with Gasteiger partial charge in [0.15, 0.2) is 0 Å². The highest BCUT2D eigenvalue weighted by molar-refractivity contribution is 9.10. The quantitative estimate of drug-likeness (QED) is 0.361. The van der Waals surface area contributed by atoms with Crippen molar-refractivity contribution in [3.63, 3.8) is 0 Å². The molecule has 1 N–H and O–H groups in total. The molecule has 0 bridgehead atoms. The minimum absolute atomic E-state index is 0.987. The lowest BCUT2D eigenvalue weighted by Gasteiger charge is -2.23.